The van der Waals surface area contributed by atoms with Crippen LogP contribution < -0.4 is 5.32 Å². The fourth-order valence-electron chi connectivity index (χ4n) is 1.45. The summed E-state index contributed by atoms with van der Waals surface area (Å²) < 4.78 is 28.0. The van der Waals surface area contributed by atoms with Gasteiger partial charge in [-0.1, -0.05) is 33.8 Å². The van der Waals surface area contributed by atoms with Crippen molar-refractivity contribution in [1.82, 2.24) is 4.98 Å². The number of hydrogen-bond acceptors (Lipinski definition) is 3. The molecule has 6 heteroatoms. The average molecular weight is 345 g/mol. The molecule has 2 nitrogen and oxygen atoms in total. The maximum atomic E-state index is 13.7. The summed E-state index contributed by atoms with van der Waals surface area (Å²) in [6.45, 7) is 2.35. The number of nitrogens with zero attached hydrogens (tertiary/aromatic N) is 1. The SMILES string of the molecule is CCNc1nc(Sc2cccc(Br)c2)c(F)cc1F. The van der Waals surface area contributed by atoms with Crippen LogP contribution in [0.2, 0.25) is 0 Å². The lowest BCUT2D eigenvalue weighted by Crippen LogP contribution is -2.04. The standard InChI is InChI=1S/C13H11BrF2N2S/c1-2-17-12-10(15)7-11(16)13(18-12)19-9-5-3-4-8(14)6-9/h3-7H,2H2,1H3,(H,17,18). The van der Waals surface area contributed by atoms with E-state index in [2.05, 4.69) is 26.2 Å². The Kier molecular flexibility index (Phi) is 4.76. The molecule has 0 atom stereocenters. The van der Waals surface area contributed by atoms with Crippen LogP contribution in [-0.2, 0) is 0 Å². The lowest BCUT2D eigenvalue weighted by Gasteiger charge is -2.08. The van der Waals surface area contributed by atoms with Crippen molar-refractivity contribution in [3.63, 3.8) is 0 Å². The van der Waals surface area contributed by atoms with Gasteiger partial charge >= 0.3 is 0 Å². The summed E-state index contributed by atoms with van der Waals surface area (Å²) in [6, 6.07) is 8.27. The Labute approximate surface area is 122 Å². The summed E-state index contributed by atoms with van der Waals surface area (Å²) in [7, 11) is 0. The van der Waals surface area contributed by atoms with E-state index in [0.717, 1.165) is 27.2 Å². The number of hydrogen-bond donors (Lipinski definition) is 1. The molecular formula is C13H11BrF2N2S. The van der Waals surface area contributed by atoms with Crippen molar-refractivity contribution in [1.29, 1.82) is 0 Å². The topological polar surface area (TPSA) is 24.9 Å². The maximum absolute atomic E-state index is 13.7. The van der Waals surface area contributed by atoms with Gasteiger partial charge in [-0.25, -0.2) is 13.8 Å². The number of halogens is 3. The minimum atomic E-state index is -0.682. The third-order valence-corrected chi connectivity index (χ3v) is 3.71. The molecule has 0 aliphatic rings. The molecular weight excluding hydrogens is 334 g/mol. The highest BCUT2D eigenvalue weighted by Crippen LogP contribution is 2.31. The average Bonchev–Trinajstić information content (AvgIpc) is 2.35. The molecule has 0 fully saturated rings. The second-order valence-electron chi connectivity index (χ2n) is 3.70. The molecule has 0 saturated heterocycles. The molecule has 1 aromatic carbocycles. The minimum Gasteiger partial charge on any atom is -0.368 e. The second kappa shape index (κ2) is 6.34. The van der Waals surface area contributed by atoms with E-state index < -0.39 is 11.6 Å². The number of pyridine rings is 1. The Morgan fingerprint density at radius 3 is 2.74 bits per heavy atom. The quantitative estimate of drug-likeness (QED) is 0.869. The minimum absolute atomic E-state index is 0.0707. The second-order valence-corrected chi connectivity index (χ2v) is 5.67. The van der Waals surface area contributed by atoms with Crippen LogP contribution in [0.15, 0.2) is 44.7 Å². The lowest BCUT2D eigenvalue weighted by molar-refractivity contribution is 0.551. The van der Waals surface area contributed by atoms with Crippen molar-refractivity contribution < 1.29 is 8.78 Å². The number of nitrogens with one attached hydrogen (secondary N) is 1. The van der Waals surface area contributed by atoms with Gasteiger partial charge in [-0.3, -0.25) is 0 Å². The molecule has 1 N–H and O–H groups in total. The molecule has 2 aromatic rings. The number of aromatic nitrogens is 1. The first-order valence-corrected chi connectivity index (χ1v) is 7.24. The summed E-state index contributed by atoms with van der Waals surface area (Å²) in [5.41, 5.74) is 0. The Morgan fingerprint density at radius 2 is 2.05 bits per heavy atom. The van der Waals surface area contributed by atoms with Crippen LogP contribution in [-0.4, -0.2) is 11.5 Å². The van der Waals surface area contributed by atoms with Gasteiger partial charge in [0.1, 0.15) is 5.03 Å². The van der Waals surface area contributed by atoms with Gasteiger partial charge in [0.25, 0.3) is 0 Å². The summed E-state index contributed by atoms with van der Waals surface area (Å²) in [5, 5.41) is 2.91. The molecule has 100 valence electrons. The molecule has 0 unspecified atom stereocenters. The van der Waals surface area contributed by atoms with Crippen LogP contribution in [0.5, 0.6) is 0 Å². The molecule has 0 amide bonds. The van der Waals surface area contributed by atoms with E-state index in [4.69, 9.17) is 0 Å². The Hall–Kier alpha value is -1.14. The van der Waals surface area contributed by atoms with E-state index in [1.54, 1.807) is 0 Å². The third kappa shape index (κ3) is 3.67. The molecule has 1 heterocycles. The van der Waals surface area contributed by atoms with Crippen molar-refractivity contribution in [2.45, 2.75) is 16.8 Å². The molecule has 1 aromatic heterocycles. The predicted molar refractivity (Wildman–Crippen MR) is 76.6 cm³/mol. The number of rotatable bonds is 4. The smallest absolute Gasteiger partial charge is 0.168 e. The molecule has 0 spiro atoms. The van der Waals surface area contributed by atoms with Gasteiger partial charge in [0.2, 0.25) is 0 Å². The van der Waals surface area contributed by atoms with Gasteiger partial charge in [0.05, 0.1) is 0 Å². The molecule has 2 rings (SSSR count). The molecule has 0 bridgehead atoms. The largest absolute Gasteiger partial charge is 0.368 e. The zero-order chi connectivity index (χ0) is 13.8. The van der Waals surface area contributed by atoms with Crippen LogP contribution in [0.25, 0.3) is 0 Å². The third-order valence-electron chi connectivity index (χ3n) is 2.25. The van der Waals surface area contributed by atoms with Crippen LogP contribution in [0.4, 0.5) is 14.6 Å². The van der Waals surface area contributed by atoms with Crippen molar-refractivity contribution in [3.05, 3.63) is 46.4 Å². The van der Waals surface area contributed by atoms with Crippen LogP contribution in [0.1, 0.15) is 6.92 Å². The van der Waals surface area contributed by atoms with Gasteiger partial charge in [0.15, 0.2) is 17.5 Å². The van der Waals surface area contributed by atoms with E-state index in [1.807, 2.05) is 31.2 Å². The molecule has 0 aliphatic carbocycles. The first-order chi connectivity index (χ1) is 9.10. The van der Waals surface area contributed by atoms with Gasteiger partial charge < -0.3 is 5.32 Å². The normalized spacial score (nSPS) is 10.5. The number of anilines is 1. The van der Waals surface area contributed by atoms with E-state index in [9.17, 15) is 8.78 Å². The monoisotopic (exact) mass is 344 g/mol. The van der Waals surface area contributed by atoms with E-state index in [1.165, 1.54) is 0 Å². The lowest BCUT2D eigenvalue weighted by atomic mass is 10.4. The highest BCUT2D eigenvalue weighted by molar-refractivity contribution is 9.10. The summed E-state index contributed by atoms with van der Waals surface area (Å²) >= 11 is 4.50. The van der Waals surface area contributed by atoms with Crippen molar-refractivity contribution in [2.24, 2.45) is 0 Å². The van der Waals surface area contributed by atoms with Crippen molar-refractivity contribution in [2.75, 3.05) is 11.9 Å². The van der Waals surface area contributed by atoms with Crippen LogP contribution >= 0.6 is 27.7 Å². The fraction of sp³-hybridized carbons (Fsp3) is 0.154. The van der Waals surface area contributed by atoms with Crippen molar-refractivity contribution >= 4 is 33.5 Å². The molecule has 0 radical (unpaired) electrons. The Morgan fingerprint density at radius 1 is 1.26 bits per heavy atom. The molecule has 0 saturated carbocycles. The van der Waals surface area contributed by atoms with Crippen molar-refractivity contribution in [3.8, 4) is 0 Å². The zero-order valence-electron chi connectivity index (χ0n) is 10.1. The van der Waals surface area contributed by atoms with Crippen LogP contribution in [0.3, 0.4) is 0 Å². The van der Waals surface area contributed by atoms with Gasteiger partial charge in [-0.15, -0.1) is 0 Å². The summed E-state index contributed by atoms with van der Waals surface area (Å²) in [6.07, 6.45) is 0. The van der Waals surface area contributed by atoms with Gasteiger partial charge in [0, 0.05) is 22.0 Å². The Balaban J connectivity index is 2.31. The molecule has 0 aliphatic heterocycles. The van der Waals surface area contributed by atoms with Gasteiger partial charge in [-0.2, -0.15) is 0 Å². The van der Waals surface area contributed by atoms with Gasteiger partial charge in [-0.05, 0) is 25.1 Å². The van der Waals surface area contributed by atoms with Crippen LogP contribution in [0, 0.1) is 11.6 Å². The fourth-order valence-corrected chi connectivity index (χ4v) is 2.85. The van der Waals surface area contributed by atoms with E-state index in [0.29, 0.717) is 6.54 Å². The number of benzene rings is 1. The first kappa shape index (κ1) is 14.3. The summed E-state index contributed by atoms with van der Waals surface area (Å²) in [4.78, 5) is 4.80. The summed E-state index contributed by atoms with van der Waals surface area (Å²) in [5.74, 6) is -1.27. The highest BCUT2D eigenvalue weighted by Gasteiger charge is 2.12. The van der Waals surface area contributed by atoms with E-state index >= 15 is 0 Å². The van der Waals surface area contributed by atoms with E-state index in [-0.39, 0.29) is 10.8 Å². The first-order valence-electron chi connectivity index (χ1n) is 5.63. The zero-order valence-corrected chi connectivity index (χ0v) is 12.5. The Bertz CT molecular complexity index is 593. The maximum Gasteiger partial charge on any atom is 0.168 e. The molecule has 19 heavy (non-hydrogen) atoms. The highest BCUT2D eigenvalue weighted by atomic mass is 79.9. The predicted octanol–water partition coefficient (Wildman–Crippen LogP) is 4.71.